The number of carbonyl (C=O) groups excluding carboxylic acids is 1. The second kappa shape index (κ2) is 8.10. The Morgan fingerprint density at radius 3 is 2.73 bits per heavy atom. The lowest BCUT2D eigenvalue weighted by atomic mass is 9.94. The van der Waals surface area contributed by atoms with Crippen LogP contribution in [0.5, 0.6) is 0 Å². The highest BCUT2D eigenvalue weighted by atomic mass is 16.6. The zero-order valence-corrected chi connectivity index (χ0v) is 16.9. The minimum absolute atomic E-state index is 0.00941. The number of carbonyl (C=O) groups is 1. The van der Waals surface area contributed by atoms with E-state index >= 15 is 0 Å². The van der Waals surface area contributed by atoms with E-state index in [1.165, 1.54) is 10.7 Å². The van der Waals surface area contributed by atoms with Crippen molar-refractivity contribution in [3.8, 4) is 0 Å². The summed E-state index contributed by atoms with van der Waals surface area (Å²) in [6, 6.07) is 11.4. The van der Waals surface area contributed by atoms with E-state index in [-0.39, 0.29) is 30.0 Å². The highest BCUT2D eigenvalue weighted by molar-refractivity contribution is 5.94. The van der Waals surface area contributed by atoms with Crippen LogP contribution in [0.3, 0.4) is 0 Å². The molecule has 1 unspecified atom stereocenters. The fraction of sp³-hybridized carbons (Fsp3) is 0.381. The molecule has 1 fully saturated rings. The van der Waals surface area contributed by atoms with Gasteiger partial charge >= 0.3 is 5.82 Å². The van der Waals surface area contributed by atoms with E-state index in [1.54, 1.807) is 13.8 Å². The van der Waals surface area contributed by atoms with Gasteiger partial charge in [0, 0.05) is 6.54 Å². The molecule has 0 saturated carbocycles. The molecule has 9 nitrogen and oxygen atoms in total. The zero-order chi connectivity index (χ0) is 21.3. The molecule has 1 atom stereocenters. The molecule has 0 bridgehead atoms. The summed E-state index contributed by atoms with van der Waals surface area (Å²) in [6.45, 7) is 4.30. The molecule has 0 radical (unpaired) electrons. The van der Waals surface area contributed by atoms with E-state index in [0.29, 0.717) is 23.6 Å². The Bertz CT molecular complexity index is 1070. The molecule has 4 rings (SSSR count). The number of likely N-dealkylation sites (tertiary alicyclic amines) is 1. The fourth-order valence-electron chi connectivity index (χ4n) is 3.97. The molecule has 3 aromatic rings. The van der Waals surface area contributed by atoms with Crippen LogP contribution >= 0.6 is 0 Å². The number of aromatic nitrogens is 3. The van der Waals surface area contributed by atoms with Crippen molar-refractivity contribution < 1.29 is 14.2 Å². The van der Waals surface area contributed by atoms with E-state index in [9.17, 15) is 14.9 Å². The third kappa shape index (κ3) is 3.70. The second-order valence-electron chi connectivity index (χ2n) is 7.55. The first kappa shape index (κ1) is 19.8. The van der Waals surface area contributed by atoms with E-state index in [0.717, 1.165) is 24.8 Å². The standard InChI is InChI=1S/C21H23N5O4/c1-14-12-19(26(28)29)22-25(14)13-17-15(2)30-23-20(17)21(27)24-11-7-6-10-18(24)16-8-4-3-5-9-16/h3-5,8-9,12,18H,6-7,10-11,13H2,1-2H3. The summed E-state index contributed by atoms with van der Waals surface area (Å²) in [5.74, 6) is 0.0912. The smallest absolute Gasteiger partial charge is 0.361 e. The molecule has 9 heteroatoms. The highest BCUT2D eigenvalue weighted by Gasteiger charge is 2.33. The van der Waals surface area contributed by atoms with Crippen molar-refractivity contribution >= 4 is 11.7 Å². The van der Waals surface area contributed by atoms with Gasteiger partial charge in [0.1, 0.15) is 5.76 Å². The van der Waals surface area contributed by atoms with Gasteiger partial charge in [0.25, 0.3) is 5.91 Å². The van der Waals surface area contributed by atoms with E-state index < -0.39 is 4.92 Å². The van der Waals surface area contributed by atoms with Gasteiger partial charge in [-0.15, -0.1) is 0 Å². The van der Waals surface area contributed by atoms with E-state index in [4.69, 9.17) is 4.52 Å². The average molecular weight is 409 g/mol. The molecular formula is C21H23N5O4. The zero-order valence-electron chi connectivity index (χ0n) is 16.9. The second-order valence-corrected chi connectivity index (χ2v) is 7.55. The lowest BCUT2D eigenvalue weighted by Crippen LogP contribution is -2.39. The Hall–Kier alpha value is -3.49. The molecule has 1 aliphatic heterocycles. The number of piperidine rings is 1. The Kier molecular flexibility index (Phi) is 5.35. The quantitative estimate of drug-likeness (QED) is 0.468. The average Bonchev–Trinajstić information content (AvgIpc) is 3.31. The summed E-state index contributed by atoms with van der Waals surface area (Å²) in [6.07, 6.45) is 2.89. The summed E-state index contributed by atoms with van der Waals surface area (Å²) in [5, 5.41) is 19.1. The van der Waals surface area contributed by atoms with Gasteiger partial charge in [0.2, 0.25) is 0 Å². The maximum Gasteiger partial charge on any atom is 0.390 e. The minimum atomic E-state index is -0.534. The van der Waals surface area contributed by atoms with Crippen LogP contribution in [0.25, 0.3) is 0 Å². The van der Waals surface area contributed by atoms with Crippen LogP contribution in [0, 0.1) is 24.0 Å². The van der Waals surface area contributed by atoms with Crippen molar-refractivity contribution in [2.24, 2.45) is 0 Å². The van der Waals surface area contributed by atoms with Crippen molar-refractivity contribution in [1.29, 1.82) is 0 Å². The molecule has 1 aliphatic rings. The molecule has 0 N–H and O–H groups in total. The number of amides is 1. The Labute approximate surface area is 173 Å². The molecule has 1 aromatic carbocycles. The summed E-state index contributed by atoms with van der Waals surface area (Å²) < 4.78 is 6.84. The SMILES string of the molecule is Cc1onc(C(=O)N2CCCCC2c2ccccc2)c1Cn1nc([N+](=O)[O-])cc1C. The van der Waals surface area contributed by atoms with Crippen LogP contribution in [0.1, 0.15) is 58.4 Å². The summed E-state index contributed by atoms with van der Waals surface area (Å²) in [7, 11) is 0. The Balaban J connectivity index is 1.64. The first-order valence-electron chi connectivity index (χ1n) is 9.95. The molecule has 156 valence electrons. The number of nitrogens with zero attached hydrogens (tertiary/aromatic N) is 5. The van der Waals surface area contributed by atoms with E-state index in [1.807, 2.05) is 35.2 Å². The first-order valence-corrected chi connectivity index (χ1v) is 9.95. The van der Waals surface area contributed by atoms with Crippen molar-refractivity contribution in [3.05, 3.63) is 74.8 Å². The number of hydrogen-bond donors (Lipinski definition) is 0. The van der Waals surface area contributed by atoms with Crippen LogP contribution in [0.2, 0.25) is 0 Å². The molecule has 1 amide bonds. The van der Waals surface area contributed by atoms with Gasteiger partial charge in [-0.3, -0.25) is 4.79 Å². The van der Waals surface area contributed by atoms with Gasteiger partial charge < -0.3 is 19.5 Å². The molecule has 0 spiro atoms. The van der Waals surface area contributed by atoms with Gasteiger partial charge in [-0.2, -0.15) is 4.68 Å². The largest absolute Gasteiger partial charge is 0.390 e. The van der Waals surface area contributed by atoms with Gasteiger partial charge in [0.05, 0.1) is 35.0 Å². The van der Waals surface area contributed by atoms with Crippen molar-refractivity contribution in [3.63, 3.8) is 0 Å². The number of aryl methyl sites for hydroxylation is 2. The predicted molar refractivity (Wildman–Crippen MR) is 108 cm³/mol. The summed E-state index contributed by atoms with van der Waals surface area (Å²) in [5.41, 5.74) is 2.57. The van der Waals surface area contributed by atoms with Crippen LogP contribution in [0.4, 0.5) is 5.82 Å². The van der Waals surface area contributed by atoms with Gasteiger partial charge in [-0.05, 0) is 43.6 Å². The van der Waals surface area contributed by atoms with Crippen LogP contribution in [-0.4, -0.2) is 37.2 Å². The van der Waals surface area contributed by atoms with E-state index in [2.05, 4.69) is 10.3 Å². The van der Waals surface area contributed by atoms with Crippen molar-refractivity contribution in [2.45, 2.75) is 45.7 Å². The summed E-state index contributed by atoms with van der Waals surface area (Å²) >= 11 is 0. The molecular weight excluding hydrogens is 386 g/mol. The normalized spacial score (nSPS) is 16.6. The van der Waals surface area contributed by atoms with Crippen LogP contribution < -0.4 is 0 Å². The molecule has 1 saturated heterocycles. The minimum Gasteiger partial charge on any atom is -0.361 e. The Morgan fingerprint density at radius 1 is 1.27 bits per heavy atom. The van der Waals surface area contributed by atoms with Crippen LogP contribution in [-0.2, 0) is 6.54 Å². The fourth-order valence-corrected chi connectivity index (χ4v) is 3.97. The number of rotatable bonds is 5. The Morgan fingerprint density at radius 2 is 2.03 bits per heavy atom. The molecule has 3 heterocycles. The maximum absolute atomic E-state index is 13.5. The number of hydrogen-bond acceptors (Lipinski definition) is 6. The number of nitro groups is 1. The topological polar surface area (TPSA) is 107 Å². The lowest BCUT2D eigenvalue weighted by Gasteiger charge is -2.35. The van der Waals surface area contributed by atoms with Gasteiger partial charge in [-0.25, -0.2) is 0 Å². The number of benzene rings is 1. The predicted octanol–water partition coefficient (Wildman–Crippen LogP) is 3.81. The molecule has 2 aromatic heterocycles. The summed E-state index contributed by atoms with van der Waals surface area (Å²) in [4.78, 5) is 25.8. The third-order valence-electron chi connectivity index (χ3n) is 5.60. The first-order chi connectivity index (χ1) is 14.5. The van der Waals surface area contributed by atoms with Crippen molar-refractivity contribution in [2.75, 3.05) is 6.54 Å². The van der Waals surface area contributed by atoms with Crippen molar-refractivity contribution in [1.82, 2.24) is 19.8 Å². The highest BCUT2D eigenvalue weighted by Crippen LogP contribution is 2.32. The third-order valence-corrected chi connectivity index (χ3v) is 5.60. The lowest BCUT2D eigenvalue weighted by molar-refractivity contribution is -0.389. The molecule has 30 heavy (non-hydrogen) atoms. The monoisotopic (exact) mass is 409 g/mol. The van der Waals surface area contributed by atoms with Gasteiger partial charge in [-0.1, -0.05) is 35.5 Å². The molecule has 0 aliphatic carbocycles. The maximum atomic E-state index is 13.5. The van der Waals surface area contributed by atoms with Crippen LogP contribution in [0.15, 0.2) is 40.9 Å². The van der Waals surface area contributed by atoms with Gasteiger partial charge in [0.15, 0.2) is 5.69 Å².